The van der Waals surface area contributed by atoms with Gasteiger partial charge >= 0.3 is 0 Å². The van der Waals surface area contributed by atoms with Crippen molar-refractivity contribution in [3.05, 3.63) is 35.0 Å². The molecule has 0 saturated heterocycles. The zero-order valence-electron chi connectivity index (χ0n) is 7.57. The predicted molar refractivity (Wildman–Crippen MR) is 51.2 cm³/mol. The first-order valence-corrected chi connectivity index (χ1v) is 4.07. The Morgan fingerprint density at radius 1 is 1.36 bits per heavy atom. The Labute approximate surface area is 79.8 Å². The first-order valence-electron chi connectivity index (χ1n) is 4.07. The van der Waals surface area contributed by atoms with Gasteiger partial charge in [-0.15, -0.1) is 0 Å². The lowest BCUT2D eigenvalue weighted by Gasteiger charge is -2.00. The van der Waals surface area contributed by atoms with Gasteiger partial charge in [0.2, 0.25) is 0 Å². The molecule has 2 rings (SSSR count). The van der Waals surface area contributed by atoms with Crippen LogP contribution in [-0.2, 0) is 0 Å². The Bertz CT molecular complexity index is 473. The molecule has 2 aromatic rings. The van der Waals surface area contributed by atoms with Crippen LogP contribution in [0.4, 0.5) is 0 Å². The number of pyridine rings is 1. The van der Waals surface area contributed by atoms with Gasteiger partial charge in [-0.1, -0.05) is 0 Å². The quantitative estimate of drug-likeness (QED) is 0.736. The Morgan fingerprint density at radius 2 is 2.21 bits per heavy atom. The average Bonchev–Trinajstić information content (AvgIpc) is 2.70. The maximum absolute atomic E-state index is 11.4. The Balaban J connectivity index is 2.48. The van der Waals surface area contributed by atoms with Gasteiger partial charge in [0.25, 0.3) is 5.56 Å². The van der Waals surface area contributed by atoms with Crippen molar-refractivity contribution in [1.82, 2.24) is 15.0 Å². The number of H-pyrrole nitrogens is 2. The average molecular weight is 191 g/mol. The number of aromatic amines is 2. The summed E-state index contributed by atoms with van der Waals surface area (Å²) in [5.41, 5.74) is 1.21. The van der Waals surface area contributed by atoms with Crippen LogP contribution in [-0.4, -0.2) is 22.1 Å². The lowest BCUT2D eigenvalue weighted by molar-refractivity contribution is 0.408. The second-order valence-electron chi connectivity index (χ2n) is 2.73. The van der Waals surface area contributed by atoms with Crippen LogP contribution in [0.5, 0.6) is 5.75 Å². The van der Waals surface area contributed by atoms with E-state index in [2.05, 4.69) is 15.0 Å². The molecular formula is C9H9N3O2. The highest BCUT2D eigenvalue weighted by Gasteiger charge is 2.02. The molecule has 2 N–H and O–H groups in total. The number of ether oxygens (including phenoxy) is 1. The highest BCUT2D eigenvalue weighted by Crippen LogP contribution is 2.12. The summed E-state index contributed by atoms with van der Waals surface area (Å²) in [6.45, 7) is 0. The molecule has 0 amide bonds. The van der Waals surface area contributed by atoms with Crippen LogP contribution < -0.4 is 10.3 Å². The summed E-state index contributed by atoms with van der Waals surface area (Å²) in [4.78, 5) is 20.8. The van der Waals surface area contributed by atoms with Crippen molar-refractivity contribution >= 4 is 0 Å². The first kappa shape index (κ1) is 8.55. The lowest BCUT2D eigenvalue weighted by atomic mass is 10.3. The standard InChI is InChI=1S/C9H9N3O2/c1-14-8-3-2-6(12-9(8)13)7-4-10-5-11-7/h2-5H,1H3,(H,10,11)(H,12,13). The lowest BCUT2D eigenvalue weighted by Crippen LogP contribution is -2.09. The van der Waals surface area contributed by atoms with Crippen molar-refractivity contribution in [3.8, 4) is 17.1 Å². The highest BCUT2D eigenvalue weighted by molar-refractivity contribution is 5.52. The fourth-order valence-corrected chi connectivity index (χ4v) is 1.18. The third-order valence-corrected chi connectivity index (χ3v) is 1.88. The van der Waals surface area contributed by atoms with Gasteiger partial charge in [0, 0.05) is 0 Å². The Hall–Kier alpha value is -2.04. The molecule has 2 heterocycles. The van der Waals surface area contributed by atoms with E-state index >= 15 is 0 Å². The molecule has 0 bridgehead atoms. The summed E-state index contributed by atoms with van der Waals surface area (Å²) >= 11 is 0. The fraction of sp³-hybridized carbons (Fsp3) is 0.111. The molecule has 0 fully saturated rings. The minimum absolute atomic E-state index is 0.250. The van der Waals surface area contributed by atoms with Crippen molar-refractivity contribution in [2.24, 2.45) is 0 Å². The molecule has 0 aliphatic heterocycles. The summed E-state index contributed by atoms with van der Waals surface area (Å²) in [7, 11) is 1.46. The maximum atomic E-state index is 11.4. The SMILES string of the molecule is COc1ccc(-c2cnc[nH]2)[nH]c1=O. The van der Waals surface area contributed by atoms with Crippen LogP contribution in [0.3, 0.4) is 0 Å². The smallest absolute Gasteiger partial charge is 0.290 e. The number of hydrogen-bond acceptors (Lipinski definition) is 3. The van der Waals surface area contributed by atoms with E-state index in [0.717, 1.165) is 5.69 Å². The molecule has 0 radical (unpaired) electrons. The van der Waals surface area contributed by atoms with Gasteiger partial charge in [-0.2, -0.15) is 0 Å². The molecule has 2 aromatic heterocycles. The molecule has 5 heteroatoms. The molecule has 0 aliphatic carbocycles. The van der Waals surface area contributed by atoms with Crippen LogP contribution in [0.1, 0.15) is 0 Å². The van der Waals surface area contributed by atoms with Crippen molar-refractivity contribution in [2.45, 2.75) is 0 Å². The first-order chi connectivity index (χ1) is 6.81. The van der Waals surface area contributed by atoms with Gasteiger partial charge in [0.05, 0.1) is 31.0 Å². The number of methoxy groups -OCH3 is 1. The third kappa shape index (κ3) is 1.39. The molecule has 0 spiro atoms. The van der Waals surface area contributed by atoms with Crippen LogP contribution in [0.15, 0.2) is 29.5 Å². The molecule has 14 heavy (non-hydrogen) atoms. The number of nitrogens with zero attached hydrogens (tertiary/aromatic N) is 1. The van der Waals surface area contributed by atoms with Gasteiger partial charge < -0.3 is 14.7 Å². The second-order valence-corrected chi connectivity index (χ2v) is 2.73. The summed E-state index contributed by atoms with van der Waals surface area (Å²) in [5.74, 6) is 0.299. The van der Waals surface area contributed by atoms with E-state index in [1.54, 1.807) is 24.7 Å². The normalized spacial score (nSPS) is 10.1. The number of imidazole rings is 1. The number of hydrogen-bond donors (Lipinski definition) is 2. The molecule has 72 valence electrons. The monoisotopic (exact) mass is 191 g/mol. The topological polar surface area (TPSA) is 70.8 Å². The minimum Gasteiger partial charge on any atom is -0.491 e. The summed E-state index contributed by atoms with van der Waals surface area (Å²) in [6.07, 6.45) is 3.19. The van der Waals surface area contributed by atoms with Gasteiger partial charge in [0.1, 0.15) is 0 Å². The molecule has 0 aromatic carbocycles. The zero-order chi connectivity index (χ0) is 9.97. The third-order valence-electron chi connectivity index (χ3n) is 1.88. The number of rotatable bonds is 2. The molecule has 0 unspecified atom stereocenters. The van der Waals surface area contributed by atoms with E-state index in [-0.39, 0.29) is 5.56 Å². The summed E-state index contributed by atoms with van der Waals surface area (Å²) in [6, 6.07) is 3.38. The van der Waals surface area contributed by atoms with Crippen LogP contribution in [0.25, 0.3) is 11.4 Å². The van der Waals surface area contributed by atoms with Crippen molar-refractivity contribution < 1.29 is 4.74 Å². The van der Waals surface area contributed by atoms with E-state index in [0.29, 0.717) is 11.4 Å². The van der Waals surface area contributed by atoms with Gasteiger partial charge in [-0.25, -0.2) is 4.98 Å². The van der Waals surface area contributed by atoms with Crippen LogP contribution in [0.2, 0.25) is 0 Å². The molecular weight excluding hydrogens is 182 g/mol. The van der Waals surface area contributed by atoms with Crippen molar-refractivity contribution in [2.75, 3.05) is 7.11 Å². The maximum Gasteiger partial charge on any atom is 0.290 e. The largest absolute Gasteiger partial charge is 0.491 e. The molecule has 5 nitrogen and oxygen atoms in total. The zero-order valence-corrected chi connectivity index (χ0v) is 7.57. The molecule has 0 aliphatic rings. The van der Waals surface area contributed by atoms with Crippen molar-refractivity contribution in [1.29, 1.82) is 0 Å². The second kappa shape index (κ2) is 3.37. The van der Waals surface area contributed by atoms with E-state index in [1.165, 1.54) is 7.11 Å². The van der Waals surface area contributed by atoms with Crippen LogP contribution >= 0.6 is 0 Å². The Morgan fingerprint density at radius 3 is 2.79 bits per heavy atom. The van der Waals surface area contributed by atoms with E-state index in [9.17, 15) is 4.79 Å². The van der Waals surface area contributed by atoms with E-state index in [4.69, 9.17) is 4.74 Å². The predicted octanol–water partition coefficient (Wildman–Crippen LogP) is 0.774. The highest BCUT2D eigenvalue weighted by atomic mass is 16.5. The molecule has 0 saturated carbocycles. The van der Waals surface area contributed by atoms with E-state index in [1.807, 2.05) is 0 Å². The fourth-order valence-electron chi connectivity index (χ4n) is 1.18. The molecule has 0 atom stereocenters. The van der Waals surface area contributed by atoms with E-state index < -0.39 is 0 Å². The van der Waals surface area contributed by atoms with Gasteiger partial charge in [-0.05, 0) is 12.1 Å². The van der Waals surface area contributed by atoms with Crippen molar-refractivity contribution in [3.63, 3.8) is 0 Å². The van der Waals surface area contributed by atoms with Crippen LogP contribution in [0, 0.1) is 0 Å². The number of nitrogens with one attached hydrogen (secondary N) is 2. The van der Waals surface area contributed by atoms with Gasteiger partial charge in [-0.3, -0.25) is 4.79 Å². The summed E-state index contributed by atoms with van der Waals surface area (Å²) in [5, 5.41) is 0. The summed E-state index contributed by atoms with van der Waals surface area (Å²) < 4.78 is 4.85. The minimum atomic E-state index is -0.250. The van der Waals surface area contributed by atoms with Gasteiger partial charge in [0.15, 0.2) is 5.75 Å². The Kier molecular flexibility index (Phi) is 2.06. The number of aromatic nitrogens is 3.